The van der Waals surface area contributed by atoms with E-state index in [1.54, 1.807) is 12.1 Å². The highest BCUT2D eigenvalue weighted by molar-refractivity contribution is 7.88. The zero-order valence-corrected chi connectivity index (χ0v) is 15.9. The van der Waals surface area contributed by atoms with Gasteiger partial charge in [-0.25, -0.2) is 8.42 Å². The van der Waals surface area contributed by atoms with E-state index in [2.05, 4.69) is 5.32 Å². The van der Waals surface area contributed by atoms with Crippen molar-refractivity contribution >= 4 is 27.3 Å². The van der Waals surface area contributed by atoms with E-state index in [-0.39, 0.29) is 12.5 Å². The van der Waals surface area contributed by atoms with Crippen molar-refractivity contribution in [1.29, 1.82) is 0 Å². The summed E-state index contributed by atoms with van der Waals surface area (Å²) < 4.78 is 24.9. The third-order valence-electron chi connectivity index (χ3n) is 3.47. The van der Waals surface area contributed by atoms with E-state index in [1.165, 1.54) is 4.31 Å². The summed E-state index contributed by atoms with van der Waals surface area (Å²) in [6, 6.07) is 7.37. The van der Waals surface area contributed by atoms with Crippen molar-refractivity contribution in [1.82, 2.24) is 9.21 Å². The molecule has 1 N–H and O–H groups in total. The number of hydrogen-bond acceptors (Lipinski definition) is 5. The summed E-state index contributed by atoms with van der Waals surface area (Å²) >= 11 is 0. The first-order chi connectivity index (χ1) is 11.1. The first-order valence-corrected chi connectivity index (χ1v) is 9.61. The van der Waals surface area contributed by atoms with Gasteiger partial charge in [0.25, 0.3) is 0 Å². The van der Waals surface area contributed by atoms with Gasteiger partial charge in [0, 0.05) is 32.0 Å². The molecule has 1 amide bonds. The van der Waals surface area contributed by atoms with Crippen LogP contribution in [-0.2, 0) is 14.8 Å². The van der Waals surface area contributed by atoms with E-state index >= 15 is 0 Å². The maximum Gasteiger partial charge on any atom is 0.239 e. The number of hydrogen-bond donors (Lipinski definition) is 1. The van der Waals surface area contributed by atoms with Crippen molar-refractivity contribution in [2.45, 2.75) is 6.42 Å². The predicted octanol–water partition coefficient (Wildman–Crippen LogP) is 0.904. The number of rotatable bonds is 9. The molecule has 0 aliphatic carbocycles. The van der Waals surface area contributed by atoms with Gasteiger partial charge in [-0.3, -0.25) is 4.79 Å². The molecule has 0 spiro atoms. The number of amides is 1. The molecule has 0 bridgehead atoms. The minimum absolute atomic E-state index is 0.179. The molecule has 8 heteroatoms. The normalized spacial score (nSPS) is 11.8. The number of anilines is 2. The van der Waals surface area contributed by atoms with Crippen LogP contribution >= 0.6 is 0 Å². The minimum Gasteiger partial charge on any atom is -0.378 e. The maximum atomic E-state index is 12.1. The zero-order chi connectivity index (χ0) is 18.3. The number of carbonyl (C=O) groups excluding carboxylic acids is 1. The lowest BCUT2D eigenvalue weighted by Crippen LogP contribution is -2.38. The second-order valence-electron chi connectivity index (χ2n) is 6.24. The van der Waals surface area contributed by atoms with Crippen LogP contribution in [0.2, 0.25) is 0 Å². The number of nitrogens with zero attached hydrogens (tertiary/aromatic N) is 3. The summed E-state index contributed by atoms with van der Waals surface area (Å²) in [4.78, 5) is 16.1. The van der Waals surface area contributed by atoms with Gasteiger partial charge in [-0.1, -0.05) is 0 Å². The molecule has 1 rings (SSSR count). The van der Waals surface area contributed by atoms with Crippen molar-refractivity contribution < 1.29 is 13.2 Å². The summed E-state index contributed by atoms with van der Waals surface area (Å²) in [5.74, 6) is -0.345. The van der Waals surface area contributed by atoms with Crippen molar-refractivity contribution in [3.63, 3.8) is 0 Å². The Balaban J connectivity index is 2.64. The van der Waals surface area contributed by atoms with Crippen LogP contribution < -0.4 is 10.2 Å². The molecule has 0 aliphatic rings. The average Bonchev–Trinajstić information content (AvgIpc) is 2.45. The lowest BCUT2D eigenvalue weighted by atomic mass is 10.2. The zero-order valence-electron chi connectivity index (χ0n) is 15.1. The molecule has 136 valence electrons. The molecule has 0 atom stereocenters. The van der Waals surface area contributed by atoms with Gasteiger partial charge in [0.1, 0.15) is 0 Å². The highest BCUT2D eigenvalue weighted by Crippen LogP contribution is 2.15. The van der Waals surface area contributed by atoms with Crippen LogP contribution in [0.1, 0.15) is 6.42 Å². The third kappa shape index (κ3) is 7.29. The average molecular weight is 356 g/mol. The van der Waals surface area contributed by atoms with E-state index in [1.807, 2.05) is 50.1 Å². The van der Waals surface area contributed by atoms with Crippen LogP contribution in [0.25, 0.3) is 0 Å². The standard InChI is InChI=1S/C16H28N4O3S/c1-18(2)11-6-12-20(24(5,22)23)13-16(21)17-14-7-9-15(10-8-14)19(3)4/h7-10H,6,11-13H2,1-5H3,(H,17,21). The molecule has 0 radical (unpaired) electrons. The van der Waals surface area contributed by atoms with Gasteiger partial charge in [0.15, 0.2) is 0 Å². The Hall–Kier alpha value is -1.64. The molecule has 0 saturated carbocycles. The Morgan fingerprint density at radius 3 is 2.08 bits per heavy atom. The molecule has 0 fully saturated rings. The van der Waals surface area contributed by atoms with Gasteiger partial charge in [-0.15, -0.1) is 0 Å². The Bertz CT molecular complexity index is 627. The monoisotopic (exact) mass is 356 g/mol. The Labute approximate surface area is 145 Å². The van der Waals surface area contributed by atoms with Gasteiger partial charge in [-0.2, -0.15) is 4.31 Å². The fraction of sp³-hybridized carbons (Fsp3) is 0.562. The maximum absolute atomic E-state index is 12.1. The molecule has 1 aromatic rings. The van der Waals surface area contributed by atoms with E-state index in [9.17, 15) is 13.2 Å². The lowest BCUT2D eigenvalue weighted by molar-refractivity contribution is -0.116. The topological polar surface area (TPSA) is 73.0 Å². The molecule has 7 nitrogen and oxygen atoms in total. The SMILES string of the molecule is CN(C)CCCN(CC(=O)Nc1ccc(N(C)C)cc1)S(C)(=O)=O. The van der Waals surface area contributed by atoms with Crippen molar-refractivity contribution in [2.75, 3.05) is 64.3 Å². The molecular weight excluding hydrogens is 328 g/mol. The Morgan fingerprint density at radius 1 is 1.04 bits per heavy atom. The second-order valence-corrected chi connectivity index (χ2v) is 8.23. The Kier molecular flexibility index (Phi) is 7.65. The predicted molar refractivity (Wildman–Crippen MR) is 99.0 cm³/mol. The number of nitrogens with one attached hydrogen (secondary N) is 1. The fourth-order valence-electron chi connectivity index (χ4n) is 2.13. The fourth-order valence-corrected chi connectivity index (χ4v) is 2.94. The molecule has 0 unspecified atom stereocenters. The van der Waals surface area contributed by atoms with E-state index in [4.69, 9.17) is 0 Å². The summed E-state index contributed by atoms with van der Waals surface area (Å²) in [6.07, 6.45) is 1.80. The van der Waals surface area contributed by atoms with Crippen molar-refractivity contribution in [3.05, 3.63) is 24.3 Å². The van der Waals surface area contributed by atoms with Crippen LogP contribution in [0.4, 0.5) is 11.4 Å². The van der Waals surface area contributed by atoms with Gasteiger partial charge < -0.3 is 15.1 Å². The highest BCUT2D eigenvalue weighted by Gasteiger charge is 2.19. The van der Waals surface area contributed by atoms with E-state index < -0.39 is 10.0 Å². The van der Waals surface area contributed by atoms with Crippen LogP contribution in [0.15, 0.2) is 24.3 Å². The molecule has 0 aliphatic heterocycles. The largest absolute Gasteiger partial charge is 0.378 e. The van der Waals surface area contributed by atoms with E-state index in [0.29, 0.717) is 18.7 Å². The first-order valence-electron chi connectivity index (χ1n) is 7.76. The number of carbonyl (C=O) groups is 1. The van der Waals surface area contributed by atoms with Gasteiger partial charge in [0.05, 0.1) is 12.8 Å². The molecule has 1 aromatic carbocycles. The molecular formula is C16H28N4O3S. The quantitative estimate of drug-likeness (QED) is 0.712. The van der Waals surface area contributed by atoms with Crippen LogP contribution in [-0.4, -0.2) is 77.6 Å². The smallest absolute Gasteiger partial charge is 0.239 e. The first kappa shape index (κ1) is 20.4. The van der Waals surface area contributed by atoms with Crippen LogP contribution in [0, 0.1) is 0 Å². The summed E-state index contributed by atoms with van der Waals surface area (Å²) in [7, 11) is 4.30. The summed E-state index contributed by atoms with van der Waals surface area (Å²) in [5.41, 5.74) is 1.67. The number of benzene rings is 1. The minimum atomic E-state index is -3.42. The van der Waals surface area contributed by atoms with E-state index in [0.717, 1.165) is 18.5 Å². The van der Waals surface area contributed by atoms with Gasteiger partial charge in [0.2, 0.25) is 15.9 Å². The third-order valence-corrected chi connectivity index (χ3v) is 4.72. The molecule has 0 heterocycles. The summed E-state index contributed by atoms with van der Waals surface area (Å²) in [6.45, 7) is 0.908. The summed E-state index contributed by atoms with van der Waals surface area (Å²) in [5, 5.41) is 2.74. The van der Waals surface area contributed by atoms with Crippen molar-refractivity contribution in [3.8, 4) is 0 Å². The van der Waals surface area contributed by atoms with Crippen LogP contribution in [0.5, 0.6) is 0 Å². The van der Waals surface area contributed by atoms with Gasteiger partial charge in [-0.05, 0) is 51.3 Å². The molecule has 0 saturated heterocycles. The molecule has 24 heavy (non-hydrogen) atoms. The second kappa shape index (κ2) is 9.00. The van der Waals surface area contributed by atoms with Crippen molar-refractivity contribution in [2.24, 2.45) is 0 Å². The van der Waals surface area contributed by atoms with Gasteiger partial charge >= 0.3 is 0 Å². The Morgan fingerprint density at radius 2 is 1.62 bits per heavy atom. The van der Waals surface area contributed by atoms with Crippen LogP contribution in [0.3, 0.4) is 0 Å². The molecule has 0 aromatic heterocycles. The lowest BCUT2D eigenvalue weighted by Gasteiger charge is -2.20. The highest BCUT2D eigenvalue weighted by atomic mass is 32.2. The number of sulfonamides is 1.